The molecule has 1 aromatic heterocycles. The molecule has 0 bridgehead atoms. The summed E-state index contributed by atoms with van der Waals surface area (Å²) in [6.07, 6.45) is -0.516. The summed E-state index contributed by atoms with van der Waals surface area (Å²) in [4.78, 5) is 11.1. The molecule has 3 aromatic rings. The number of aromatic nitrogens is 1. The normalized spacial score (nSPS) is 10.3. The number of alkyl carbamates (subject to hydrolysis) is 1. The number of rotatable bonds is 6. The van der Waals surface area contributed by atoms with Crippen LogP contribution >= 0.6 is 0 Å². The van der Waals surface area contributed by atoms with Crippen molar-refractivity contribution in [1.82, 2.24) is 10.5 Å². The van der Waals surface area contributed by atoms with Crippen LogP contribution in [0.1, 0.15) is 11.3 Å². The van der Waals surface area contributed by atoms with Gasteiger partial charge in [-0.15, -0.1) is 0 Å². The van der Waals surface area contributed by atoms with Crippen molar-refractivity contribution in [3.05, 3.63) is 72.0 Å². The topological polar surface area (TPSA) is 73.6 Å². The van der Waals surface area contributed by atoms with Crippen LogP contribution in [0, 0.1) is 0 Å². The largest absolute Gasteiger partial charge is 0.489 e. The summed E-state index contributed by atoms with van der Waals surface area (Å²) in [5, 5.41) is 6.35. The first-order chi connectivity index (χ1) is 12.2. The monoisotopic (exact) mass is 338 g/mol. The molecule has 0 saturated heterocycles. The number of carbonyl (C=O) groups is 1. The van der Waals surface area contributed by atoms with Gasteiger partial charge in [-0.25, -0.2) is 4.79 Å². The zero-order valence-corrected chi connectivity index (χ0v) is 13.8. The number of ether oxygens (including phenoxy) is 2. The van der Waals surface area contributed by atoms with E-state index in [2.05, 4.69) is 10.5 Å². The molecule has 0 unspecified atom stereocenters. The lowest BCUT2D eigenvalue weighted by atomic mass is 10.1. The number of amides is 1. The number of carbonyl (C=O) groups excluding carboxylic acids is 1. The van der Waals surface area contributed by atoms with Gasteiger partial charge in [0.15, 0.2) is 12.4 Å². The van der Waals surface area contributed by atoms with Gasteiger partial charge in [0.25, 0.3) is 0 Å². The van der Waals surface area contributed by atoms with Crippen LogP contribution in [0.15, 0.2) is 65.2 Å². The molecule has 0 spiro atoms. The number of hydrogen-bond acceptors (Lipinski definition) is 5. The van der Waals surface area contributed by atoms with Crippen LogP contribution in [0.3, 0.4) is 0 Å². The Hall–Kier alpha value is -3.28. The van der Waals surface area contributed by atoms with E-state index in [1.807, 2.05) is 54.6 Å². The zero-order valence-electron chi connectivity index (χ0n) is 13.8. The Labute approximate surface area is 145 Å². The Bertz CT molecular complexity index is 813. The first kappa shape index (κ1) is 16.6. The summed E-state index contributed by atoms with van der Waals surface area (Å²) in [7, 11) is 1.50. The van der Waals surface area contributed by atoms with Crippen molar-refractivity contribution in [1.29, 1.82) is 0 Å². The van der Waals surface area contributed by atoms with E-state index in [1.165, 1.54) is 7.05 Å². The molecule has 0 fully saturated rings. The molecule has 0 aliphatic rings. The number of nitrogens with zero attached hydrogens (tertiary/aromatic N) is 1. The predicted molar refractivity (Wildman–Crippen MR) is 92.0 cm³/mol. The van der Waals surface area contributed by atoms with Gasteiger partial charge in [0, 0.05) is 18.7 Å². The summed E-state index contributed by atoms with van der Waals surface area (Å²) >= 11 is 0. The summed E-state index contributed by atoms with van der Waals surface area (Å²) in [6.45, 7) is 0.552. The third-order valence-electron chi connectivity index (χ3n) is 3.51. The number of hydrogen-bond donors (Lipinski definition) is 1. The molecule has 128 valence electrons. The highest BCUT2D eigenvalue weighted by atomic mass is 16.6. The molecule has 1 N–H and O–H groups in total. The van der Waals surface area contributed by atoms with E-state index in [1.54, 1.807) is 6.07 Å². The first-order valence-electron chi connectivity index (χ1n) is 7.82. The highest BCUT2D eigenvalue weighted by Crippen LogP contribution is 2.23. The van der Waals surface area contributed by atoms with E-state index in [0.717, 1.165) is 16.9 Å². The van der Waals surface area contributed by atoms with Gasteiger partial charge in [0.2, 0.25) is 0 Å². The van der Waals surface area contributed by atoms with E-state index in [-0.39, 0.29) is 6.61 Å². The molecule has 0 atom stereocenters. The van der Waals surface area contributed by atoms with Crippen molar-refractivity contribution in [2.24, 2.45) is 0 Å². The van der Waals surface area contributed by atoms with E-state index >= 15 is 0 Å². The fraction of sp³-hybridized carbons (Fsp3) is 0.158. The highest BCUT2D eigenvalue weighted by molar-refractivity contribution is 5.66. The Morgan fingerprint density at radius 1 is 1.08 bits per heavy atom. The Morgan fingerprint density at radius 3 is 2.56 bits per heavy atom. The van der Waals surface area contributed by atoms with Gasteiger partial charge in [-0.2, -0.15) is 0 Å². The van der Waals surface area contributed by atoms with Crippen LogP contribution in [0.4, 0.5) is 4.79 Å². The second kappa shape index (κ2) is 8.01. The molecular weight excluding hydrogens is 320 g/mol. The molecule has 6 nitrogen and oxygen atoms in total. The lowest BCUT2D eigenvalue weighted by molar-refractivity contribution is 0.130. The minimum Gasteiger partial charge on any atom is -0.489 e. The predicted octanol–water partition coefficient (Wildman–Crippen LogP) is 3.78. The van der Waals surface area contributed by atoms with E-state index in [9.17, 15) is 4.79 Å². The maximum Gasteiger partial charge on any atom is 0.407 e. The van der Waals surface area contributed by atoms with E-state index in [0.29, 0.717) is 18.1 Å². The summed E-state index contributed by atoms with van der Waals surface area (Å²) in [5.74, 6) is 1.25. The molecular formula is C19H18N2O4. The maximum absolute atomic E-state index is 11.1. The van der Waals surface area contributed by atoms with Crippen molar-refractivity contribution < 1.29 is 18.8 Å². The second-order valence-corrected chi connectivity index (χ2v) is 5.30. The van der Waals surface area contributed by atoms with Gasteiger partial charge < -0.3 is 19.3 Å². The molecule has 0 saturated carbocycles. The molecule has 1 heterocycles. The maximum atomic E-state index is 11.1. The molecule has 0 radical (unpaired) electrons. The van der Waals surface area contributed by atoms with Gasteiger partial charge in [0.1, 0.15) is 18.1 Å². The Morgan fingerprint density at radius 2 is 1.84 bits per heavy atom. The molecule has 2 aromatic carbocycles. The van der Waals surface area contributed by atoms with Crippen LogP contribution in [0.2, 0.25) is 0 Å². The minimum atomic E-state index is -0.516. The zero-order chi connectivity index (χ0) is 17.5. The smallest absolute Gasteiger partial charge is 0.407 e. The van der Waals surface area contributed by atoms with Gasteiger partial charge >= 0.3 is 6.09 Å². The van der Waals surface area contributed by atoms with E-state index in [4.69, 9.17) is 14.0 Å². The Kier molecular flexibility index (Phi) is 5.31. The average molecular weight is 338 g/mol. The lowest BCUT2D eigenvalue weighted by Crippen LogP contribution is -2.18. The van der Waals surface area contributed by atoms with E-state index < -0.39 is 6.09 Å². The van der Waals surface area contributed by atoms with Gasteiger partial charge in [-0.3, -0.25) is 0 Å². The molecule has 6 heteroatoms. The van der Waals surface area contributed by atoms with Crippen molar-refractivity contribution in [3.8, 4) is 17.0 Å². The average Bonchev–Trinajstić information content (AvgIpc) is 3.14. The van der Waals surface area contributed by atoms with Crippen LogP contribution < -0.4 is 10.1 Å². The summed E-state index contributed by atoms with van der Waals surface area (Å²) in [5.41, 5.74) is 2.68. The number of nitrogens with one attached hydrogen (secondary N) is 1. The summed E-state index contributed by atoms with van der Waals surface area (Å²) in [6, 6.07) is 19.3. The van der Waals surface area contributed by atoms with Gasteiger partial charge in [-0.1, -0.05) is 35.5 Å². The quantitative estimate of drug-likeness (QED) is 0.740. The second-order valence-electron chi connectivity index (χ2n) is 5.30. The first-order valence-corrected chi connectivity index (χ1v) is 7.82. The van der Waals surface area contributed by atoms with Crippen molar-refractivity contribution in [2.75, 3.05) is 7.05 Å². The van der Waals surface area contributed by atoms with Crippen molar-refractivity contribution >= 4 is 6.09 Å². The van der Waals surface area contributed by atoms with Gasteiger partial charge in [0.05, 0.1) is 0 Å². The molecule has 1 amide bonds. The van der Waals surface area contributed by atoms with Crippen molar-refractivity contribution in [3.63, 3.8) is 0 Å². The van der Waals surface area contributed by atoms with Crippen LogP contribution in [-0.2, 0) is 18.0 Å². The Balaban J connectivity index is 1.58. The lowest BCUT2D eigenvalue weighted by Gasteiger charge is -2.06. The fourth-order valence-corrected chi connectivity index (χ4v) is 2.19. The van der Waals surface area contributed by atoms with Crippen molar-refractivity contribution in [2.45, 2.75) is 13.2 Å². The third kappa shape index (κ3) is 4.60. The molecule has 3 rings (SSSR count). The molecule has 0 aliphatic heterocycles. The number of benzene rings is 2. The highest BCUT2D eigenvalue weighted by Gasteiger charge is 2.09. The standard InChI is InChI=1S/C19H18N2O4/c1-20-19(22)24-13-17-11-18(21-25-17)15-7-9-16(10-8-15)23-12-14-5-3-2-4-6-14/h2-11H,12-13H2,1H3,(H,20,22). The molecule has 0 aliphatic carbocycles. The van der Waals surface area contributed by atoms with Crippen LogP contribution in [0.25, 0.3) is 11.3 Å². The SMILES string of the molecule is CNC(=O)OCc1cc(-c2ccc(OCc3ccccc3)cc2)no1. The summed E-state index contributed by atoms with van der Waals surface area (Å²) < 4.78 is 15.8. The fourth-order valence-electron chi connectivity index (χ4n) is 2.19. The molecule has 25 heavy (non-hydrogen) atoms. The van der Waals surface area contributed by atoms with Crippen LogP contribution in [-0.4, -0.2) is 18.3 Å². The third-order valence-corrected chi connectivity index (χ3v) is 3.51. The van der Waals surface area contributed by atoms with Gasteiger partial charge in [-0.05, 0) is 29.8 Å². The minimum absolute atomic E-state index is 0.0327. The van der Waals surface area contributed by atoms with Crippen LogP contribution in [0.5, 0.6) is 5.75 Å².